The molecule has 3 aromatic carbocycles. The Balaban J connectivity index is 0.00000384. The molecule has 0 saturated heterocycles. The largest absolute Gasteiger partial charge is 0.491 e. The molecule has 0 unspecified atom stereocenters. The summed E-state index contributed by atoms with van der Waals surface area (Å²) in [4.78, 5) is 32.6. The number of halogens is 1. The molecule has 3 heterocycles. The number of H-pyrrole nitrogens is 1. The van der Waals surface area contributed by atoms with Gasteiger partial charge in [0.15, 0.2) is 5.82 Å². The number of aromatic amines is 1. The Labute approximate surface area is 294 Å². The Morgan fingerprint density at radius 1 is 1.02 bits per heavy atom. The topological polar surface area (TPSA) is 120 Å². The summed E-state index contributed by atoms with van der Waals surface area (Å²) in [5.41, 5.74) is 3.65. The summed E-state index contributed by atoms with van der Waals surface area (Å²) in [5.74, 6) is 0.172. The van der Waals surface area contributed by atoms with Crippen LogP contribution < -0.4 is 16.1 Å². The summed E-state index contributed by atoms with van der Waals surface area (Å²) in [6.45, 7) is 5.90. The number of nitrogens with zero attached hydrogens (tertiary/aromatic N) is 5. The molecule has 219 valence electrons. The molecule has 12 heteroatoms. The van der Waals surface area contributed by atoms with Crippen molar-refractivity contribution >= 4 is 57.2 Å². The summed E-state index contributed by atoms with van der Waals surface area (Å²) in [7, 11) is 0. The van der Waals surface area contributed by atoms with Crippen LogP contribution in [-0.2, 0) is 12.8 Å². The summed E-state index contributed by atoms with van der Waals surface area (Å²) in [5, 5.41) is 8.21. The van der Waals surface area contributed by atoms with Crippen LogP contribution in [-0.4, -0.2) is 86.8 Å². The SMILES string of the molecule is CCCc1c(Cc2ccc(-c3ccccc3-c3noc(=O)[nH]3)cc2F)c(=O)n(-c2ccc(OC(C)C)cc2)c2ncnn12.[K]. The first-order chi connectivity index (χ1) is 20.8. The Bertz CT molecular complexity index is 2050. The maximum Gasteiger partial charge on any atom is 0.439 e. The number of rotatable bonds is 9. The minimum atomic E-state index is -0.677. The zero-order valence-corrected chi connectivity index (χ0v) is 28.0. The second-order valence-electron chi connectivity index (χ2n) is 10.4. The molecule has 10 nitrogen and oxygen atoms in total. The number of hydrogen-bond donors (Lipinski definition) is 1. The zero-order chi connectivity index (χ0) is 30.1. The predicted octanol–water partition coefficient (Wildman–Crippen LogP) is 4.98. The normalized spacial score (nSPS) is 11.2. The van der Waals surface area contributed by atoms with Gasteiger partial charge in [-0.1, -0.05) is 54.9 Å². The molecule has 1 radical (unpaired) electrons. The van der Waals surface area contributed by atoms with Gasteiger partial charge in [0, 0.05) is 68.9 Å². The van der Waals surface area contributed by atoms with Crippen molar-refractivity contribution in [2.75, 3.05) is 0 Å². The molecule has 0 bridgehead atoms. The monoisotopic (exact) mass is 619 g/mol. The molecular weight excluding hydrogens is 590 g/mol. The van der Waals surface area contributed by atoms with Gasteiger partial charge in [0.2, 0.25) is 5.78 Å². The van der Waals surface area contributed by atoms with E-state index >= 15 is 4.39 Å². The number of aromatic nitrogens is 6. The third-order valence-corrected chi connectivity index (χ3v) is 7.10. The molecule has 0 fully saturated rings. The minimum Gasteiger partial charge on any atom is -0.491 e. The van der Waals surface area contributed by atoms with Gasteiger partial charge in [0.1, 0.15) is 17.9 Å². The standard InChI is InChI=1S/C32H29FN6O4.K/c1-4-7-28-26(30(40)38(31-34-18-35-39(28)31)22-12-14-23(15-13-22)42-19(2)3)16-21-11-10-20(17-27(21)33)24-8-5-6-9-25(24)29-36-32(41)43-37-29;/h5-6,8-15,17-19H,4,7,16H2,1-3H3,(H,36,37,41);. The van der Waals surface area contributed by atoms with E-state index in [0.717, 1.165) is 6.42 Å². The third-order valence-electron chi connectivity index (χ3n) is 7.10. The predicted molar refractivity (Wildman–Crippen MR) is 165 cm³/mol. The van der Waals surface area contributed by atoms with Crippen molar-refractivity contribution in [1.82, 2.24) is 29.3 Å². The quantitative estimate of drug-likeness (QED) is 0.227. The number of fused-ring (bicyclic) bond motifs is 1. The maximum absolute atomic E-state index is 15.8. The summed E-state index contributed by atoms with van der Waals surface area (Å²) >= 11 is 0. The summed E-state index contributed by atoms with van der Waals surface area (Å²) < 4.78 is 29.4. The van der Waals surface area contributed by atoms with E-state index in [4.69, 9.17) is 4.74 Å². The van der Waals surface area contributed by atoms with E-state index in [9.17, 15) is 9.59 Å². The number of nitrogens with one attached hydrogen (secondary N) is 1. The van der Waals surface area contributed by atoms with Crippen LogP contribution >= 0.6 is 0 Å². The van der Waals surface area contributed by atoms with E-state index < -0.39 is 11.6 Å². The number of ether oxygens (including phenoxy) is 1. The first kappa shape index (κ1) is 31.7. The first-order valence-electron chi connectivity index (χ1n) is 14.0. The Morgan fingerprint density at radius 3 is 2.43 bits per heavy atom. The van der Waals surface area contributed by atoms with E-state index in [1.807, 2.05) is 32.9 Å². The van der Waals surface area contributed by atoms with Gasteiger partial charge in [-0.25, -0.2) is 18.3 Å². The average Bonchev–Trinajstić information content (AvgIpc) is 3.65. The van der Waals surface area contributed by atoms with Gasteiger partial charge in [-0.15, -0.1) is 0 Å². The van der Waals surface area contributed by atoms with Crippen molar-refractivity contribution in [3.8, 4) is 34.0 Å². The molecule has 0 saturated carbocycles. The van der Waals surface area contributed by atoms with Gasteiger partial charge < -0.3 is 4.74 Å². The Hall–Kier alpha value is -3.68. The van der Waals surface area contributed by atoms with Crippen LogP contribution in [0.5, 0.6) is 5.75 Å². The van der Waals surface area contributed by atoms with Crippen LogP contribution in [0.25, 0.3) is 34.0 Å². The molecule has 44 heavy (non-hydrogen) atoms. The second-order valence-corrected chi connectivity index (χ2v) is 10.4. The number of aryl methyl sites for hydroxylation is 1. The van der Waals surface area contributed by atoms with Crippen LogP contribution in [0.3, 0.4) is 0 Å². The number of hydrogen-bond acceptors (Lipinski definition) is 7. The van der Waals surface area contributed by atoms with Crippen LogP contribution in [0.2, 0.25) is 0 Å². The maximum atomic E-state index is 15.8. The molecular formula is C32H29FKN6O4. The van der Waals surface area contributed by atoms with Gasteiger partial charge in [0.25, 0.3) is 5.56 Å². The average molecular weight is 620 g/mol. The van der Waals surface area contributed by atoms with Crippen LogP contribution in [0.4, 0.5) is 4.39 Å². The van der Waals surface area contributed by atoms with Crippen molar-refractivity contribution in [3.05, 3.63) is 117 Å². The molecule has 0 amide bonds. The van der Waals surface area contributed by atoms with Crippen molar-refractivity contribution < 1.29 is 13.7 Å². The molecule has 0 atom stereocenters. The minimum absolute atomic E-state index is 0. The van der Waals surface area contributed by atoms with Gasteiger partial charge in [0.05, 0.1) is 17.5 Å². The number of benzene rings is 3. The van der Waals surface area contributed by atoms with Crippen LogP contribution in [0.15, 0.2) is 87.2 Å². The molecule has 6 aromatic rings. The smallest absolute Gasteiger partial charge is 0.439 e. The van der Waals surface area contributed by atoms with E-state index in [1.54, 1.807) is 53.0 Å². The first-order valence-corrected chi connectivity index (χ1v) is 14.0. The fourth-order valence-electron chi connectivity index (χ4n) is 5.24. The van der Waals surface area contributed by atoms with Gasteiger partial charge in [-0.05, 0) is 67.3 Å². The van der Waals surface area contributed by atoms with Crippen molar-refractivity contribution in [2.24, 2.45) is 0 Å². The van der Waals surface area contributed by atoms with Crippen LogP contribution in [0, 0.1) is 5.82 Å². The molecule has 0 aliphatic heterocycles. The Kier molecular flexibility index (Phi) is 9.76. The van der Waals surface area contributed by atoms with Crippen LogP contribution in [0.1, 0.15) is 44.0 Å². The second kappa shape index (κ2) is 13.5. The van der Waals surface area contributed by atoms with Crippen molar-refractivity contribution in [1.29, 1.82) is 0 Å². The molecule has 0 spiro atoms. The van der Waals surface area contributed by atoms with Gasteiger partial charge in [-0.3, -0.25) is 14.3 Å². The van der Waals surface area contributed by atoms with Crippen molar-refractivity contribution in [2.45, 2.75) is 46.1 Å². The molecule has 3 aromatic heterocycles. The fourth-order valence-corrected chi connectivity index (χ4v) is 5.24. The zero-order valence-electron chi connectivity index (χ0n) is 24.9. The molecule has 1 N–H and O–H groups in total. The van der Waals surface area contributed by atoms with E-state index in [0.29, 0.717) is 57.1 Å². The van der Waals surface area contributed by atoms with Gasteiger partial charge in [-0.2, -0.15) is 10.1 Å². The molecule has 0 aliphatic rings. The molecule has 6 rings (SSSR count). The Morgan fingerprint density at radius 2 is 1.77 bits per heavy atom. The van der Waals surface area contributed by atoms with Crippen molar-refractivity contribution in [3.63, 3.8) is 0 Å². The fraction of sp³-hybridized carbons (Fsp3) is 0.219. The molecule has 0 aliphatic carbocycles. The van der Waals surface area contributed by atoms with E-state index in [1.165, 1.54) is 17.0 Å². The summed E-state index contributed by atoms with van der Waals surface area (Å²) in [6.07, 6.45) is 2.81. The third kappa shape index (κ3) is 6.26. The van der Waals surface area contributed by atoms with E-state index in [-0.39, 0.29) is 75.3 Å². The summed E-state index contributed by atoms with van der Waals surface area (Å²) in [6, 6.07) is 19.3. The van der Waals surface area contributed by atoms with E-state index in [2.05, 4.69) is 24.7 Å². The van der Waals surface area contributed by atoms with Gasteiger partial charge >= 0.3 is 5.76 Å².